The zero-order valence-electron chi connectivity index (χ0n) is 20.3. The van der Waals surface area contributed by atoms with Gasteiger partial charge in [-0.25, -0.2) is 0 Å². The van der Waals surface area contributed by atoms with Gasteiger partial charge in [0.05, 0.1) is 19.8 Å². The van der Waals surface area contributed by atoms with Crippen LogP contribution in [0.25, 0.3) is 31.3 Å². The Morgan fingerprint density at radius 1 is 1.06 bits per heavy atom. The maximum absolute atomic E-state index is 12.6. The van der Waals surface area contributed by atoms with Crippen molar-refractivity contribution >= 4 is 37.4 Å². The van der Waals surface area contributed by atoms with Gasteiger partial charge in [-0.05, 0) is 47.9 Å². The van der Waals surface area contributed by atoms with E-state index >= 15 is 0 Å². The number of thiophene rings is 1. The number of hydrogen-bond donors (Lipinski definition) is 0. The first-order valence-electron chi connectivity index (χ1n) is 12.4. The van der Waals surface area contributed by atoms with Crippen molar-refractivity contribution in [3.63, 3.8) is 0 Å². The molecular weight excluding hydrogens is 474 g/mol. The normalized spacial score (nSPS) is 17.7. The molecule has 3 aromatic carbocycles. The lowest BCUT2D eigenvalue weighted by atomic mass is 9.99. The molecular formula is C29H29NO5S. The molecule has 0 radical (unpaired) electrons. The van der Waals surface area contributed by atoms with Gasteiger partial charge in [0.25, 0.3) is 0 Å². The zero-order valence-corrected chi connectivity index (χ0v) is 21.1. The molecule has 1 fully saturated rings. The second kappa shape index (κ2) is 10.1. The lowest BCUT2D eigenvalue weighted by Gasteiger charge is -2.20. The van der Waals surface area contributed by atoms with Crippen LogP contribution in [0.3, 0.4) is 0 Å². The molecule has 1 aromatic heterocycles. The molecule has 0 bridgehead atoms. The van der Waals surface area contributed by atoms with E-state index in [9.17, 15) is 4.79 Å². The quantitative estimate of drug-likeness (QED) is 0.348. The van der Waals surface area contributed by atoms with E-state index in [-0.39, 0.29) is 12.5 Å². The first-order valence-corrected chi connectivity index (χ1v) is 13.2. The van der Waals surface area contributed by atoms with Crippen molar-refractivity contribution in [2.75, 3.05) is 46.7 Å². The van der Waals surface area contributed by atoms with Crippen LogP contribution in [-0.4, -0.2) is 57.5 Å². The average molecular weight is 504 g/mol. The summed E-state index contributed by atoms with van der Waals surface area (Å²) in [4.78, 5) is 14.4. The average Bonchev–Trinajstić information content (AvgIpc) is 3.49. The molecule has 6 rings (SSSR count). The topological polar surface area (TPSA) is 57.2 Å². The number of rotatable bonds is 6. The predicted molar refractivity (Wildman–Crippen MR) is 142 cm³/mol. The summed E-state index contributed by atoms with van der Waals surface area (Å²) in [5, 5.41) is 2.52. The van der Waals surface area contributed by atoms with E-state index in [0.29, 0.717) is 32.2 Å². The number of ether oxygens (including phenoxy) is 4. The van der Waals surface area contributed by atoms with Crippen LogP contribution >= 0.6 is 11.3 Å². The third kappa shape index (κ3) is 4.54. The van der Waals surface area contributed by atoms with E-state index in [1.54, 1.807) is 12.0 Å². The Morgan fingerprint density at radius 2 is 1.94 bits per heavy atom. The standard InChI is InChI=1S/C29H29NO5S/c1-32-18-28(31)30-9-11-34-29-22(15-30)12-21(14-25(29)35-17-19-8-10-33-16-19)20-6-7-27-24(13-20)23-4-2-3-5-26(23)36-27/h2-7,12-14,19H,8-11,15-18H2,1H3/t19-/m0/s1. The Morgan fingerprint density at radius 3 is 2.81 bits per heavy atom. The summed E-state index contributed by atoms with van der Waals surface area (Å²) in [6, 6.07) is 19.4. The van der Waals surface area contributed by atoms with Gasteiger partial charge in [-0.15, -0.1) is 11.3 Å². The second-order valence-electron chi connectivity index (χ2n) is 9.41. The molecule has 36 heavy (non-hydrogen) atoms. The number of benzene rings is 3. The predicted octanol–water partition coefficient (Wildman–Crippen LogP) is 5.50. The highest BCUT2D eigenvalue weighted by atomic mass is 32.1. The number of carbonyl (C=O) groups excluding carboxylic acids is 1. The summed E-state index contributed by atoms with van der Waals surface area (Å²) < 4.78 is 25.7. The molecule has 0 N–H and O–H groups in total. The molecule has 0 spiro atoms. The Labute approximate surface area is 214 Å². The Kier molecular flexibility index (Phi) is 6.52. The molecule has 186 valence electrons. The SMILES string of the molecule is COCC(=O)N1CCOc2c(cc(-c3ccc4sc5ccccc5c4c3)cc2OC[C@H]2CCOC2)C1. The van der Waals surface area contributed by atoms with Crippen molar-refractivity contribution in [1.29, 1.82) is 0 Å². The number of amides is 1. The number of carbonyl (C=O) groups is 1. The monoisotopic (exact) mass is 503 g/mol. The highest BCUT2D eigenvalue weighted by Crippen LogP contribution is 2.41. The highest BCUT2D eigenvalue weighted by molar-refractivity contribution is 7.25. The third-order valence-electron chi connectivity index (χ3n) is 6.93. The van der Waals surface area contributed by atoms with Crippen molar-refractivity contribution in [2.24, 2.45) is 5.92 Å². The van der Waals surface area contributed by atoms with Gasteiger partial charge in [-0.3, -0.25) is 4.79 Å². The molecule has 1 amide bonds. The third-order valence-corrected chi connectivity index (χ3v) is 8.08. The van der Waals surface area contributed by atoms with Crippen LogP contribution in [0.1, 0.15) is 12.0 Å². The minimum atomic E-state index is -0.0453. The second-order valence-corrected chi connectivity index (χ2v) is 10.5. The van der Waals surface area contributed by atoms with Crippen LogP contribution < -0.4 is 9.47 Å². The first-order chi connectivity index (χ1) is 17.7. The summed E-state index contributed by atoms with van der Waals surface area (Å²) in [5.74, 6) is 1.79. The number of nitrogens with zero attached hydrogens (tertiary/aromatic N) is 1. The fourth-order valence-corrected chi connectivity index (χ4v) is 6.10. The van der Waals surface area contributed by atoms with Gasteiger partial charge in [0.15, 0.2) is 11.5 Å². The molecule has 1 saturated heterocycles. The fourth-order valence-electron chi connectivity index (χ4n) is 5.01. The van der Waals surface area contributed by atoms with Gasteiger partial charge in [0, 0.05) is 51.9 Å². The van der Waals surface area contributed by atoms with Crippen LogP contribution in [0.2, 0.25) is 0 Å². The lowest BCUT2D eigenvalue weighted by molar-refractivity contribution is -0.135. The number of hydrogen-bond acceptors (Lipinski definition) is 6. The van der Waals surface area contributed by atoms with E-state index < -0.39 is 0 Å². The molecule has 2 aliphatic rings. The molecule has 6 nitrogen and oxygen atoms in total. The van der Waals surface area contributed by atoms with Crippen LogP contribution in [0, 0.1) is 5.92 Å². The summed E-state index contributed by atoms with van der Waals surface area (Å²) >= 11 is 1.81. The molecule has 3 heterocycles. The molecule has 7 heteroatoms. The van der Waals surface area contributed by atoms with Crippen LogP contribution in [0.5, 0.6) is 11.5 Å². The molecule has 4 aromatic rings. The summed E-state index contributed by atoms with van der Waals surface area (Å²) in [7, 11) is 1.54. The van der Waals surface area contributed by atoms with Gasteiger partial charge in [0.2, 0.25) is 5.91 Å². The molecule has 2 aliphatic heterocycles. The van der Waals surface area contributed by atoms with E-state index in [2.05, 4.69) is 54.6 Å². The van der Waals surface area contributed by atoms with Crippen LogP contribution in [0.15, 0.2) is 54.6 Å². The van der Waals surface area contributed by atoms with Crippen molar-refractivity contribution in [1.82, 2.24) is 4.90 Å². The van der Waals surface area contributed by atoms with Crippen LogP contribution in [0.4, 0.5) is 0 Å². The molecule has 0 aliphatic carbocycles. The van der Waals surface area contributed by atoms with Gasteiger partial charge in [-0.2, -0.15) is 0 Å². The van der Waals surface area contributed by atoms with E-state index in [1.807, 2.05) is 11.3 Å². The maximum Gasteiger partial charge on any atom is 0.248 e. The number of methoxy groups -OCH3 is 1. The van der Waals surface area contributed by atoms with Gasteiger partial charge >= 0.3 is 0 Å². The van der Waals surface area contributed by atoms with Gasteiger partial charge in [-0.1, -0.05) is 24.3 Å². The number of fused-ring (bicyclic) bond motifs is 4. The summed E-state index contributed by atoms with van der Waals surface area (Å²) in [6.45, 7) is 3.53. The summed E-state index contributed by atoms with van der Waals surface area (Å²) in [5.41, 5.74) is 3.11. The van der Waals surface area contributed by atoms with Crippen molar-refractivity contribution < 1.29 is 23.7 Å². The smallest absolute Gasteiger partial charge is 0.248 e. The molecule has 1 atom stereocenters. The van der Waals surface area contributed by atoms with Crippen LogP contribution in [-0.2, 0) is 20.8 Å². The largest absolute Gasteiger partial charge is 0.489 e. The Bertz CT molecular complexity index is 1410. The van der Waals surface area contributed by atoms with Gasteiger partial charge in [0.1, 0.15) is 13.2 Å². The summed E-state index contributed by atoms with van der Waals surface area (Å²) in [6.07, 6.45) is 1.00. The maximum atomic E-state index is 12.6. The van der Waals surface area contributed by atoms with Crippen molar-refractivity contribution in [2.45, 2.75) is 13.0 Å². The zero-order chi connectivity index (χ0) is 24.5. The lowest BCUT2D eigenvalue weighted by Crippen LogP contribution is -2.34. The van der Waals surface area contributed by atoms with E-state index in [1.165, 1.54) is 20.2 Å². The minimum absolute atomic E-state index is 0.0453. The van der Waals surface area contributed by atoms with Gasteiger partial charge < -0.3 is 23.8 Å². The van der Waals surface area contributed by atoms with E-state index in [0.717, 1.165) is 47.8 Å². The Hall–Kier alpha value is -3.13. The first kappa shape index (κ1) is 23.3. The van der Waals surface area contributed by atoms with E-state index in [4.69, 9.17) is 18.9 Å². The molecule has 0 unspecified atom stereocenters. The van der Waals surface area contributed by atoms with Crippen molar-refractivity contribution in [3.8, 4) is 22.6 Å². The Balaban J connectivity index is 1.41. The highest BCUT2D eigenvalue weighted by Gasteiger charge is 2.25. The fraction of sp³-hybridized carbons (Fsp3) is 0.345. The van der Waals surface area contributed by atoms with Crippen molar-refractivity contribution in [3.05, 3.63) is 60.2 Å². The minimum Gasteiger partial charge on any atom is -0.489 e. The molecule has 0 saturated carbocycles.